The average molecular weight is 184 g/mol. The first kappa shape index (κ1) is 9.56. The van der Waals surface area contributed by atoms with Crippen molar-refractivity contribution in [3.8, 4) is 0 Å². The lowest BCUT2D eigenvalue weighted by atomic mass is 10.2. The van der Waals surface area contributed by atoms with E-state index in [0.29, 0.717) is 6.54 Å². The predicted molar refractivity (Wildman–Crippen MR) is 53.2 cm³/mol. The van der Waals surface area contributed by atoms with Crippen LogP contribution in [0.1, 0.15) is 24.8 Å². The minimum atomic E-state index is 0.514. The van der Waals surface area contributed by atoms with Crippen LogP contribution < -0.4 is 5.73 Å². The van der Waals surface area contributed by atoms with Crippen LogP contribution in [-0.4, -0.2) is 0 Å². The Hall–Kier alpha value is -0.530. The summed E-state index contributed by atoms with van der Waals surface area (Å²) in [6, 6.07) is 7.57. The number of halogens is 1. The summed E-state index contributed by atoms with van der Waals surface area (Å²) in [7, 11) is 0. The van der Waals surface area contributed by atoms with E-state index in [0.717, 1.165) is 10.6 Å². The maximum atomic E-state index is 5.74. The van der Waals surface area contributed by atoms with Crippen molar-refractivity contribution in [1.29, 1.82) is 0 Å². The van der Waals surface area contributed by atoms with Crippen molar-refractivity contribution < 1.29 is 0 Å². The van der Waals surface area contributed by atoms with Crippen LogP contribution in [0.25, 0.3) is 0 Å². The molecule has 0 aliphatic heterocycles. The summed E-state index contributed by atoms with van der Waals surface area (Å²) < 4.78 is 0. The first-order valence-corrected chi connectivity index (χ1v) is 4.66. The minimum absolute atomic E-state index is 0.514. The smallest absolute Gasteiger partial charge is 0.0450 e. The number of rotatable bonds is 1. The second kappa shape index (κ2) is 5.18. The van der Waals surface area contributed by atoms with Crippen LogP contribution in [0.4, 0.5) is 0 Å². The molecular weight excluding hydrogens is 170 g/mol. The molecule has 0 saturated heterocycles. The third-order valence-electron chi connectivity index (χ3n) is 1.53. The van der Waals surface area contributed by atoms with Crippen molar-refractivity contribution in [3.05, 3.63) is 34.9 Å². The Morgan fingerprint density at radius 3 is 2.08 bits per heavy atom. The molecule has 0 radical (unpaired) electrons. The van der Waals surface area contributed by atoms with E-state index in [9.17, 15) is 0 Å². The van der Waals surface area contributed by atoms with Gasteiger partial charge in [-0.3, -0.25) is 0 Å². The lowest BCUT2D eigenvalue weighted by molar-refractivity contribution is 1.07. The molecule has 1 fully saturated rings. The van der Waals surface area contributed by atoms with Gasteiger partial charge in [0.05, 0.1) is 0 Å². The van der Waals surface area contributed by atoms with Gasteiger partial charge in [0, 0.05) is 11.6 Å². The van der Waals surface area contributed by atoms with Gasteiger partial charge >= 0.3 is 0 Å². The van der Waals surface area contributed by atoms with E-state index in [1.54, 1.807) is 0 Å². The van der Waals surface area contributed by atoms with Crippen LogP contribution in [0.2, 0.25) is 5.02 Å². The molecule has 1 saturated carbocycles. The highest BCUT2D eigenvalue weighted by Gasteiger charge is 1.95. The molecule has 1 nitrogen and oxygen atoms in total. The van der Waals surface area contributed by atoms with Gasteiger partial charge in [-0.1, -0.05) is 49.1 Å². The third kappa shape index (κ3) is 3.74. The van der Waals surface area contributed by atoms with E-state index in [1.165, 1.54) is 19.3 Å². The number of hydrogen-bond donors (Lipinski definition) is 1. The zero-order valence-electron chi connectivity index (χ0n) is 7.09. The largest absolute Gasteiger partial charge is 0.326 e. The second-order valence-corrected chi connectivity index (χ2v) is 3.26. The molecule has 12 heavy (non-hydrogen) atoms. The molecule has 0 aromatic heterocycles. The highest BCUT2D eigenvalue weighted by Crippen LogP contribution is 2.15. The molecule has 0 heterocycles. The van der Waals surface area contributed by atoms with Gasteiger partial charge in [0.15, 0.2) is 0 Å². The molecule has 0 amide bonds. The summed E-state index contributed by atoms with van der Waals surface area (Å²) in [5, 5.41) is 0.750. The van der Waals surface area contributed by atoms with E-state index in [1.807, 2.05) is 24.3 Å². The van der Waals surface area contributed by atoms with Gasteiger partial charge in [0.25, 0.3) is 0 Å². The molecule has 0 unspecified atom stereocenters. The van der Waals surface area contributed by atoms with E-state index < -0.39 is 0 Å². The lowest BCUT2D eigenvalue weighted by Gasteiger charge is -1.96. The Labute approximate surface area is 78.5 Å². The fourth-order valence-electron chi connectivity index (χ4n) is 0.664. The Kier molecular flexibility index (Phi) is 4.12. The SMILES string of the molecule is C1CC1.NCc1ccccc1Cl. The Bertz CT molecular complexity index is 230. The summed E-state index contributed by atoms with van der Waals surface area (Å²) >= 11 is 5.74. The summed E-state index contributed by atoms with van der Waals surface area (Å²) in [6.07, 6.45) is 4.50. The van der Waals surface area contributed by atoms with Crippen molar-refractivity contribution in [2.24, 2.45) is 5.73 Å². The van der Waals surface area contributed by atoms with Crippen LogP contribution >= 0.6 is 11.6 Å². The van der Waals surface area contributed by atoms with Gasteiger partial charge in [-0.25, -0.2) is 0 Å². The number of hydrogen-bond acceptors (Lipinski definition) is 1. The van der Waals surface area contributed by atoms with Crippen molar-refractivity contribution in [2.75, 3.05) is 0 Å². The van der Waals surface area contributed by atoms with E-state index in [-0.39, 0.29) is 0 Å². The second-order valence-electron chi connectivity index (χ2n) is 2.86. The molecule has 1 aromatic carbocycles. The third-order valence-corrected chi connectivity index (χ3v) is 1.90. The first-order chi connectivity index (χ1) is 5.84. The Morgan fingerprint density at radius 1 is 1.17 bits per heavy atom. The fraction of sp³-hybridized carbons (Fsp3) is 0.400. The summed E-state index contributed by atoms with van der Waals surface area (Å²) in [5.74, 6) is 0. The molecule has 66 valence electrons. The normalized spacial score (nSPS) is 13.2. The predicted octanol–water partition coefficient (Wildman–Crippen LogP) is 2.97. The van der Waals surface area contributed by atoms with Gasteiger partial charge in [-0.15, -0.1) is 0 Å². The van der Waals surface area contributed by atoms with E-state index in [2.05, 4.69) is 0 Å². The van der Waals surface area contributed by atoms with Crippen LogP contribution in [0.3, 0.4) is 0 Å². The van der Waals surface area contributed by atoms with Crippen molar-refractivity contribution >= 4 is 11.6 Å². The Morgan fingerprint density at radius 2 is 1.75 bits per heavy atom. The standard InChI is InChI=1S/C7H8ClN.C3H6/c8-7-4-2-1-3-6(7)5-9;1-2-3-1/h1-4H,5,9H2;1-3H2. The lowest BCUT2D eigenvalue weighted by Crippen LogP contribution is -1.95. The van der Waals surface area contributed by atoms with Gasteiger partial charge < -0.3 is 5.73 Å². The van der Waals surface area contributed by atoms with E-state index in [4.69, 9.17) is 17.3 Å². The molecule has 1 aliphatic rings. The van der Waals surface area contributed by atoms with E-state index >= 15 is 0 Å². The van der Waals surface area contributed by atoms with Crippen molar-refractivity contribution in [2.45, 2.75) is 25.8 Å². The highest BCUT2D eigenvalue weighted by molar-refractivity contribution is 6.31. The molecular formula is C10H14ClN. The minimum Gasteiger partial charge on any atom is -0.326 e. The number of nitrogens with two attached hydrogens (primary N) is 1. The summed E-state index contributed by atoms with van der Waals surface area (Å²) in [4.78, 5) is 0. The summed E-state index contributed by atoms with van der Waals surface area (Å²) in [5.41, 5.74) is 6.37. The Balaban J connectivity index is 0.000000200. The molecule has 0 spiro atoms. The maximum Gasteiger partial charge on any atom is 0.0450 e. The molecule has 0 atom stereocenters. The van der Waals surface area contributed by atoms with Crippen molar-refractivity contribution in [1.82, 2.24) is 0 Å². The van der Waals surface area contributed by atoms with Crippen LogP contribution in [0.5, 0.6) is 0 Å². The molecule has 2 N–H and O–H groups in total. The summed E-state index contributed by atoms with van der Waals surface area (Å²) in [6.45, 7) is 0.514. The molecule has 2 rings (SSSR count). The van der Waals surface area contributed by atoms with Crippen molar-refractivity contribution in [3.63, 3.8) is 0 Å². The maximum absolute atomic E-state index is 5.74. The molecule has 1 aromatic rings. The number of benzene rings is 1. The average Bonchev–Trinajstić information content (AvgIpc) is 2.91. The molecule has 2 heteroatoms. The van der Waals surface area contributed by atoms with Crippen LogP contribution in [0.15, 0.2) is 24.3 Å². The molecule has 1 aliphatic carbocycles. The zero-order chi connectivity index (χ0) is 8.81. The highest BCUT2D eigenvalue weighted by atomic mass is 35.5. The van der Waals surface area contributed by atoms with Gasteiger partial charge in [-0.2, -0.15) is 0 Å². The van der Waals surface area contributed by atoms with Gasteiger partial charge in [0.1, 0.15) is 0 Å². The quantitative estimate of drug-likeness (QED) is 0.712. The molecule has 0 bridgehead atoms. The zero-order valence-corrected chi connectivity index (χ0v) is 7.85. The van der Waals surface area contributed by atoms with Gasteiger partial charge in [0.2, 0.25) is 0 Å². The van der Waals surface area contributed by atoms with Gasteiger partial charge in [-0.05, 0) is 11.6 Å². The fourth-order valence-corrected chi connectivity index (χ4v) is 0.877. The van der Waals surface area contributed by atoms with Crippen LogP contribution in [-0.2, 0) is 6.54 Å². The first-order valence-electron chi connectivity index (χ1n) is 4.28. The van der Waals surface area contributed by atoms with Crippen LogP contribution in [0, 0.1) is 0 Å². The topological polar surface area (TPSA) is 26.0 Å². The monoisotopic (exact) mass is 183 g/mol.